The Morgan fingerprint density at radius 1 is 1.00 bits per heavy atom. The first-order valence-corrected chi connectivity index (χ1v) is 12.0. The lowest BCUT2D eigenvalue weighted by atomic mass is 9.85. The largest absolute Gasteiger partial charge is 0.508 e. The van der Waals surface area contributed by atoms with E-state index in [1.54, 1.807) is 12.1 Å². The van der Waals surface area contributed by atoms with E-state index >= 15 is 0 Å². The van der Waals surface area contributed by atoms with E-state index in [9.17, 15) is 50.1 Å². The van der Waals surface area contributed by atoms with Crippen LogP contribution in [0.15, 0.2) is 47.4 Å². The second kappa shape index (κ2) is 13.6. The standard InChI is InChI=1S/C25H30O15/c1-36-23(35)14-10-38-24(40-25-21(32)20(31)18(29)15(9-26)39-25)17(19(30)22(33)34)13(14)8-16(28)37-7-6-11-2-4-12(27)5-3-11/h2-5,10,13,15,18,20-21,24-27,29-32H,6-9H2,1H3,(H,33,34)/b19-17+/t13?,15-,18-,20+,21-,24?,25+/m1/s1. The number of phenols is 1. The van der Waals surface area contributed by atoms with Crippen LogP contribution in [0.4, 0.5) is 0 Å². The molecule has 0 spiro atoms. The molecule has 1 aromatic rings. The van der Waals surface area contributed by atoms with Crippen LogP contribution >= 0.6 is 0 Å². The molecule has 0 aliphatic carbocycles. The van der Waals surface area contributed by atoms with Crippen molar-refractivity contribution in [2.75, 3.05) is 20.3 Å². The fourth-order valence-corrected chi connectivity index (χ4v) is 4.13. The van der Waals surface area contributed by atoms with E-state index in [4.69, 9.17) is 18.9 Å². The van der Waals surface area contributed by atoms with Crippen molar-refractivity contribution in [2.45, 2.75) is 49.8 Å². The highest BCUT2D eigenvalue weighted by Gasteiger charge is 2.48. The second-order valence-corrected chi connectivity index (χ2v) is 8.87. The molecule has 2 aliphatic rings. The predicted octanol–water partition coefficient (Wildman–Crippen LogP) is -1.39. The molecule has 2 heterocycles. The van der Waals surface area contributed by atoms with E-state index in [-0.39, 0.29) is 24.4 Å². The Balaban J connectivity index is 1.85. The van der Waals surface area contributed by atoms with Crippen molar-refractivity contribution < 1.29 is 73.8 Å². The number of carboxylic acids is 1. The highest BCUT2D eigenvalue weighted by atomic mass is 16.8. The molecular weight excluding hydrogens is 540 g/mol. The topological polar surface area (TPSA) is 239 Å². The molecule has 0 bridgehead atoms. The predicted molar refractivity (Wildman–Crippen MR) is 128 cm³/mol. The Morgan fingerprint density at radius 2 is 1.68 bits per heavy atom. The van der Waals surface area contributed by atoms with Crippen molar-refractivity contribution >= 4 is 17.9 Å². The summed E-state index contributed by atoms with van der Waals surface area (Å²) in [4.78, 5) is 36.9. The smallest absolute Gasteiger partial charge is 0.371 e. The number of aliphatic hydroxyl groups excluding tert-OH is 5. The SMILES string of the molecule is COC(=O)C1=COC(O[C@@H]2O[C@H](CO)[C@@H](O)[C@H](O)[C@H]2O)/C(=C(/O)C(=O)O)C1CC(=O)OCCc1ccc(O)cc1. The monoisotopic (exact) mass is 570 g/mol. The molecule has 0 saturated carbocycles. The number of aliphatic carboxylic acids is 1. The Bertz CT molecular complexity index is 1130. The van der Waals surface area contributed by atoms with Crippen molar-refractivity contribution in [3.63, 3.8) is 0 Å². The van der Waals surface area contributed by atoms with Gasteiger partial charge in [0.1, 0.15) is 30.2 Å². The van der Waals surface area contributed by atoms with Crippen molar-refractivity contribution in [2.24, 2.45) is 5.92 Å². The van der Waals surface area contributed by atoms with Crippen LogP contribution in [0.25, 0.3) is 0 Å². The first-order valence-electron chi connectivity index (χ1n) is 12.0. The molecule has 220 valence electrons. The van der Waals surface area contributed by atoms with E-state index in [0.717, 1.165) is 18.9 Å². The van der Waals surface area contributed by atoms with Gasteiger partial charge in [-0.1, -0.05) is 12.1 Å². The lowest BCUT2D eigenvalue weighted by molar-refractivity contribution is -0.328. The third-order valence-corrected chi connectivity index (χ3v) is 6.29. The molecule has 7 atom stereocenters. The minimum absolute atomic E-state index is 0.0560. The van der Waals surface area contributed by atoms with Gasteiger partial charge in [0.15, 0.2) is 6.29 Å². The molecule has 0 radical (unpaired) electrons. The lowest BCUT2D eigenvalue weighted by Gasteiger charge is -2.41. The molecule has 1 fully saturated rings. The third-order valence-electron chi connectivity index (χ3n) is 6.29. The van der Waals surface area contributed by atoms with Gasteiger partial charge in [-0.25, -0.2) is 9.59 Å². The summed E-state index contributed by atoms with van der Waals surface area (Å²) in [7, 11) is 1.02. The van der Waals surface area contributed by atoms with Crippen LogP contribution in [0, 0.1) is 5.92 Å². The highest BCUT2D eigenvalue weighted by Crippen LogP contribution is 2.37. The van der Waals surface area contributed by atoms with Crippen LogP contribution < -0.4 is 0 Å². The molecule has 2 unspecified atom stereocenters. The van der Waals surface area contributed by atoms with Gasteiger partial charge in [0, 0.05) is 12.3 Å². The highest BCUT2D eigenvalue weighted by molar-refractivity contribution is 5.92. The van der Waals surface area contributed by atoms with E-state index in [1.165, 1.54) is 12.1 Å². The Labute approximate surface area is 227 Å². The van der Waals surface area contributed by atoms with Gasteiger partial charge in [-0.2, -0.15) is 0 Å². The number of rotatable bonds is 10. The van der Waals surface area contributed by atoms with E-state index < -0.39 is 85.2 Å². The molecule has 15 heteroatoms. The molecule has 15 nitrogen and oxygen atoms in total. The summed E-state index contributed by atoms with van der Waals surface area (Å²) in [6, 6.07) is 6.14. The zero-order valence-corrected chi connectivity index (χ0v) is 21.2. The van der Waals surface area contributed by atoms with Crippen LogP contribution in [0.3, 0.4) is 0 Å². The van der Waals surface area contributed by atoms with Crippen molar-refractivity contribution in [3.8, 4) is 5.75 Å². The number of carboxylic acid groups (broad SMARTS) is 1. The van der Waals surface area contributed by atoms with Crippen molar-refractivity contribution in [1.82, 2.24) is 0 Å². The number of aliphatic hydroxyl groups is 5. The van der Waals surface area contributed by atoms with Crippen LogP contribution in [0.1, 0.15) is 12.0 Å². The maximum absolute atomic E-state index is 12.7. The summed E-state index contributed by atoms with van der Waals surface area (Å²) < 4.78 is 25.9. The normalized spacial score (nSPS) is 29.5. The molecule has 0 amide bonds. The minimum Gasteiger partial charge on any atom is -0.508 e. The van der Waals surface area contributed by atoms with Crippen molar-refractivity contribution in [3.05, 3.63) is 53.0 Å². The number of benzene rings is 1. The van der Waals surface area contributed by atoms with Gasteiger partial charge in [0.05, 0.1) is 44.2 Å². The van der Waals surface area contributed by atoms with E-state index in [1.807, 2.05) is 0 Å². The van der Waals surface area contributed by atoms with E-state index in [0.29, 0.717) is 0 Å². The molecular formula is C25H30O15. The van der Waals surface area contributed by atoms with Crippen LogP contribution in [0.5, 0.6) is 5.75 Å². The quantitative estimate of drug-likeness (QED) is 0.0973. The van der Waals surface area contributed by atoms with Gasteiger partial charge >= 0.3 is 17.9 Å². The molecule has 0 aromatic heterocycles. The van der Waals surface area contributed by atoms with Gasteiger partial charge in [0.25, 0.3) is 0 Å². The summed E-state index contributed by atoms with van der Waals surface area (Å²) >= 11 is 0. The van der Waals surface area contributed by atoms with Gasteiger partial charge < -0.3 is 59.4 Å². The molecule has 7 N–H and O–H groups in total. The fraction of sp³-hybridized carbons (Fsp3) is 0.480. The summed E-state index contributed by atoms with van der Waals surface area (Å²) in [5.74, 6) is -6.61. The number of hydrogen-bond acceptors (Lipinski definition) is 14. The Kier molecular flexibility index (Phi) is 10.4. The minimum atomic E-state index is -1.91. The van der Waals surface area contributed by atoms with Crippen molar-refractivity contribution in [1.29, 1.82) is 0 Å². The number of methoxy groups -OCH3 is 1. The molecule has 40 heavy (non-hydrogen) atoms. The first-order chi connectivity index (χ1) is 19.0. The number of carbonyl (C=O) groups is 3. The summed E-state index contributed by atoms with van der Waals surface area (Å²) in [6.07, 6.45) is -10.2. The van der Waals surface area contributed by atoms with Crippen LogP contribution in [-0.4, -0.2) is 111 Å². The number of phenolic OH excluding ortho intramolecular Hbond substituents is 1. The fourth-order valence-electron chi connectivity index (χ4n) is 4.13. The summed E-state index contributed by atoms with van der Waals surface area (Å²) in [5, 5.41) is 69.1. The lowest BCUT2D eigenvalue weighted by Crippen LogP contribution is -2.60. The summed E-state index contributed by atoms with van der Waals surface area (Å²) in [5.41, 5.74) is -0.263. The maximum Gasteiger partial charge on any atom is 0.371 e. The molecule has 3 rings (SSSR count). The maximum atomic E-state index is 12.7. The molecule has 1 aromatic carbocycles. The van der Waals surface area contributed by atoms with E-state index in [2.05, 4.69) is 4.74 Å². The zero-order chi connectivity index (χ0) is 29.6. The summed E-state index contributed by atoms with van der Waals surface area (Å²) in [6.45, 7) is -0.900. The molecule has 1 saturated heterocycles. The first kappa shape index (κ1) is 30.8. The van der Waals surface area contributed by atoms with Gasteiger partial charge in [-0.15, -0.1) is 0 Å². The second-order valence-electron chi connectivity index (χ2n) is 8.87. The number of hydrogen-bond donors (Lipinski definition) is 7. The van der Waals surface area contributed by atoms with Crippen LogP contribution in [0.2, 0.25) is 0 Å². The van der Waals surface area contributed by atoms with Gasteiger partial charge in [-0.3, -0.25) is 4.79 Å². The number of carbonyl (C=O) groups excluding carboxylic acids is 2. The number of aromatic hydroxyl groups is 1. The van der Waals surface area contributed by atoms with Gasteiger partial charge in [0.2, 0.25) is 12.0 Å². The Morgan fingerprint density at radius 3 is 2.27 bits per heavy atom. The third kappa shape index (κ3) is 7.07. The average Bonchev–Trinajstić information content (AvgIpc) is 2.93. The molecule has 2 aliphatic heterocycles. The van der Waals surface area contributed by atoms with Crippen LogP contribution in [-0.2, 0) is 44.5 Å². The number of esters is 2. The zero-order valence-electron chi connectivity index (χ0n) is 21.2. The number of ether oxygens (including phenoxy) is 5. The average molecular weight is 571 g/mol. The van der Waals surface area contributed by atoms with Gasteiger partial charge in [-0.05, 0) is 17.7 Å². The Hall–Kier alpha value is -3.73.